The Balaban J connectivity index is 1.47. The van der Waals surface area contributed by atoms with E-state index in [4.69, 9.17) is 4.84 Å². The minimum Gasteiger partial charge on any atom is -0.504 e. The van der Waals surface area contributed by atoms with Crippen LogP contribution in [0.1, 0.15) is 28.4 Å². The molecule has 1 aliphatic heterocycles. The van der Waals surface area contributed by atoms with Crippen LogP contribution in [0.4, 0.5) is 0 Å². The highest BCUT2D eigenvalue weighted by atomic mass is 16.6. The highest BCUT2D eigenvalue weighted by molar-refractivity contribution is 6.05. The molecule has 4 rings (SSSR count). The summed E-state index contributed by atoms with van der Waals surface area (Å²) >= 11 is 0. The number of likely N-dealkylation sites (tertiary alicyclic amines) is 1. The molecule has 0 spiro atoms. The molecular formula is C27H27N3O6. The van der Waals surface area contributed by atoms with Crippen LogP contribution >= 0.6 is 0 Å². The van der Waals surface area contributed by atoms with Crippen molar-refractivity contribution in [3.8, 4) is 22.6 Å². The fraction of sp³-hybridized carbons (Fsp3) is 0.222. The summed E-state index contributed by atoms with van der Waals surface area (Å²) in [6.45, 7) is -0.0102. The molecule has 0 aliphatic carbocycles. The van der Waals surface area contributed by atoms with Crippen molar-refractivity contribution < 1.29 is 29.7 Å². The molecule has 1 aliphatic rings. The van der Waals surface area contributed by atoms with Crippen LogP contribution in [-0.2, 0) is 9.63 Å². The third-order valence-electron chi connectivity index (χ3n) is 6.03. The quantitative estimate of drug-likeness (QED) is 0.298. The lowest BCUT2D eigenvalue weighted by atomic mass is 10.0. The predicted molar refractivity (Wildman–Crippen MR) is 134 cm³/mol. The van der Waals surface area contributed by atoms with Crippen molar-refractivity contribution in [1.29, 1.82) is 0 Å². The maximum Gasteiger partial charge on any atom is 0.254 e. The average Bonchev–Trinajstić information content (AvgIpc) is 3.33. The van der Waals surface area contributed by atoms with E-state index in [0.29, 0.717) is 16.8 Å². The molecule has 0 aromatic heterocycles. The second-order valence-corrected chi connectivity index (χ2v) is 8.45. The number of phenolic OH excluding ortho intramolecular Hbond substituents is 2. The van der Waals surface area contributed by atoms with Crippen LogP contribution in [0.2, 0.25) is 0 Å². The summed E-state index contributed by atoms with van der Waals surface area (Å²) in [6.07, 6.45) is -0.924. The summed E-state index contributed by atoms with van der Waals surface area (Å²) in [5.41, 5.74) is 3.32. The van der Waals surface area contributed by atoms with Crippen molar-refractivity contribution in [2.75, 3.05) is 20.2 Å². The Morgan fingerprint density at radius 3 is 2.39 bits per heavy atom. The molecule has 9 heteroatoms. The standard InChI is InChI=1S/C27H27N3O6/c1-36-29-21-14-22(26(34)28-15-25(33)20-11-12-23(31)24(32)13-20)30(16-21)27(35)19-9-7-18(8-10-19)17-5-3-2-4-6-17/h2-13,22,25,31-33H,14-16H2,1H3,(H,28,34)/b29-21+. The number of nitrogens with one attached hydrogen (secondary N) is 1. The van der Waals surface area contributed by atoms with Gasteiger partial charge < -0.3 is 30.4 Å². The van der Waals surface area contributed by atoms with Crippen LogP contribution in [-0.4, -0.2) is 64.0 Å². The van der Waals surface area contributed by atoms with Gasteiger partial charge in [0.1, 0.15) is 13.2 Å². The Labute approximate surface area is 208 Å². The average molecular weight is 490 g/mol. The molecule has 1 saturated heterocycles. The van der Waals surface area contributed by atoms with E-state index in [9.17, 15) is 24.9 Å². The molecule has 9 nitrogen and oxygen atoms in total. The second kappa shape index (κ2) is 10.9. The minimum absolute atomic E-state index is 0.138. The van der Waals surface area contributed by atoms with Gasteiger partial charge in [0.15, 0.2) is 11.5 Å². The first-order valence-electron chi connectivity index (χ1n) is 11.4. The summed E-state index contributed by atoms with van der Waals surface area (Å²) in [7, 11) is 1.40. The first kappa shape index (κ1) is 24.7. The smallest absolute Gasteiger partial charge is 0.254 e. The van der Waals surface area contributed by atoms with Crippen molar-refractivity contribution in [2.24, 2.45) is 5.16 Å². The van der Waals surface area contributed by atoms with E-state index in [-0.39, 0.29) is 36.9 Å². The van der Waals surface area contributed by atoms with E-state index >= 15 is 0 Å². The van der Waals surface area contributed by atoms with Gasteiger partial charge in [0, 0.05) is 18.5 Å². The van der Waals surface area contributed by atoms with Gasteiger partial charge in [-0.05, 0) is 41.0 Å². The second-order valence-electron chi connectivity index (χ2n) is 8.45. The number of oxime groups is 1. The molecular weight excluding hydrogens is 462 g/mol. The Bertz CT molecular complexity index is 1260. The number of nitrogens with zero attached hydrogens (tertiary/aromatic N) is 2. The number of hydrogen-bond acceptors (Lipinski definition) is 7. The van der Waals surface area contributed by atoms with E-state index in [1.54, 1.807) is 12.1 Å². The molecule has 186 valence electrons. The van der Waals surface area contributed by atoms with E-state index in [0.717, 1.165) is 11.1 Å². The zero-order valence-electron chi connectivity index (χ0n) is 19.7. The predicted octanol–water partition coefficient (Wildman–Crippen LogP) is 2.83. The lowest BCUT2D eigenvalue weighted by molar-refractivity contribution is -0.125. The fourth-order valence-electron chi connectivity index (χ4n) is 4.13. The van der Waals surface area contributed by atoms with Gasteiger partial charge in [-0.25, -0.2) is 0 Å². The summed E-state index contributed by atoms with van der Waals surface area (Å²) in [4.78, 5) is 32.7. The number of hydrogen-bond donors (Lipinski definition) is 4. The maximum absolute atomic E-state index is 13.3. The van der Waals surface area contributed by atoms with Crippen LogP contribution in [0.3, 0.4) is 0 Å². The van der Waals surface area contributed by atoms with Gasteiger partial charge in [0.25, 0.3) is 5.91 Å². The number of aliphatic hydroxyl groups excluding tert-OH is 1. The van der Waals surface area contributed by atoms with Gasteiger partial charge >= 0.3 is 0 Å². The van der Waals surface area contributed by atoms with Crippen LogP contribution in [0.15, 0.2) is 78.0 Å². The monoisotopic (exact) mass is 489 g/mol. The van der Waals surface area contributed by atoms with E-state index < -0.39 is 18.1 Å². The van der Waals surface area contributed by atoms with Gasteiger partial charge in [0.05, 0.1) is 18.4 Å². The highest BCUT2D eigenvalue weighted by Gasteiger charge is 2.38. The number of phenols is 2. The van der Waals surface area contributed by atoms with E-state index in [2.05, 4.69) is 10.5 Å². The lowest BCUT2D eigenvalue weighted by Gasteiger charge is -2.24. The number of carbonyl (C=O) groups is 2. The first-order chi connectivity index (χ1) is 17.4. The van der Waals surface area contributed by atoms with Gasteiger partial charge in [0.2, 0.25) is 5.91 Å². The van der Waals surface area contributed by atoms with Crippen LogP contribution < -0.4 is 5.32 Å². The summed E-state index contributed by atoms with van der Waals surface area (Å²) in [5.74, 6) is -1.45. The van der Waals surface area contributed by atoms with Crippen LogP contribution in [0.25, 0.3) is 11.1 Å². The number of carbonyl (C=O) groups excluding carboxylic acids is 2. The number of aliphatic hydroxyl groups is 1. The largest absolute Gasteiger partial charge is 0.504 e. The number of amides is 2. The zero-order chi connectivity index (χ0) is 25.7. The molecule has 36 heavy (non-hydrogen) atoms. The summed E-state index contributed by atoms with van der Waals surface area (Å²) < 4.78 is 0. The zero-order valence-corrected chi connectivity index (χ0v) is 19.7. The maximum atomic E-state index is 13.3. The molecule has 2 atom stereocenters. The van der Waals surface area contributed by atoms with E-state index in [1.165, 1.54) is 30.2 Å². The molecule has 3 aromatic rings. The molecule has 0 radical (unpaired) electrons. The fourth-order valence-corrected chi connectivity index (χ4v) is 4.13. The van der Waals surface area contributed by atoms with Crippen molar-refractivity contribution in [2.45, 2.75) is 18.6 Å². The van der Waals surface area contributed by atoms with Gasteiger partial charge in [-0.1, -0.05) is 53.7 Å². The van der Waals surface area contributed by atoms with Crippen molar-refractivity contribution in [3.63, 3.8) is 0 Å². The SMILES string of the molecule is CO/N=C1\CC(C(=O)NCC(O)c2ccc(O)c(O)c2)N(C(=O)c2ccc(-c3ccccc3)cc2)C1. The van der Waals surface area contributed by atoms with Crippen LogP contribution in [0.5, 0.6) is 11.5 Å². The molecule has 0 saturated carbocycles. The van der Waals surface area contributed by atoms with Crippen molar-refractivity contribution >= 4 is 17.5 Å². The number of benzene rings is 3. The van der Waals surface area contributed by atoms with Crippen molar-refractivity contribution in [3.05, 3.63) is 83.9 Å². The number of rotatable bonds is 7. The third-order valence-corrected chi connectivity index (χ3v) is 6.03. The lowest BCUT2D eigenvalue weighted by Crippen LogP contribution is -2.46. The number of aromatic hydroxyl groups is 2. The molecule has 2 amide bonds. The Morgan fingerprint density at radius 1 is 1.03 bits per heavy atom. The van der Waals surface area contributed by atoms with Crippen molar-refractivity contribution in [1.82, 2.24) is 10.2 Å². The Morgan fingerprint density at radius 2 is 1.72 bits per heavy atom. The Kier molecular flexibility index (Phi) is 7.50. The summed E-state index contributed by atoms with van der Waals surface area (Å²) in [6, 6.07) is 20.1. The van der Waals surface area contributed by atoms with Gasteiger partial charge in [-0.15, -0.1) is 0 Å². The van der Waals surface area contributed by atoms with Gasteiger partial charge in [-0.2, -0.15) is 0 Å². The molecule has 2 unspecified atom stereocenters. The van der Waals surface area contributed by atoms with Gasteiger partial charge in [-0.3, -0.25) is 9.59 Å². The molecule has 3 aromatic carbocycles. The third kappa shape index (κ3) is 5.47. The normalized spacial score (nSPS) is 17.1. The van der Waals surface area contributed by atoms with E-state index in [1.807, 2.05) is 42.5 Å². The highest BCUT2D eigenvalue weighted by Crippen LogP contribution is 2.28. The minimum atomic E-state index is -1.12. The molecule has 1 fully saturated rings. The molecule has 1 heterocycles. The Hall–Kier alpha value is -4.37. The molecule has 4 N–H and O–H groups in total. The topological polar surface area (TPSA) is 132 Å². The first-order valence-corrected chi connectivity index (χ1v) is 11.4. The van der Waals surface area contributed by atoms with Crippen LogP contribution in [0, 0.1) is 0 Å². The molecule has 0 bridgehead atoms. The summed E-state index contributed by atoms with van der Waals surface area (Å²) in [5, 5.41) is 36.1.